The summed E-state index contributed by atoms with van der Waals surface area (Å²) < 4.78 is 0. The van der Waals surface area contributed by atoms with E-state index < -0.39 is 18.0 Å². The van der Waals surface area contributed by atoms with Crippen molar-refractivity contribution in [3.63, 3.8) is 0 Å². The summed E-state index contributed by atoms with van der Waals surface area (Å²) in [6, 6.07) is -0.456. The van der Waals surface area contributed by atoms with Crippen molar-refractivity contribution in [3.05, 3.63) is 45.7 Å². The van der Waals surface area contributed by atoms with Crippen LogP contribution in [0.4, 0.5) is 0 Å². The van der Waals surface area contributed by atoms with Gasteiger partial charge in [0.1, 0.15) is 0 Å². The van der Waals surface area contributed by atoms with Crippen molar-refractivity contribution < 1.29 is 19.8 Å². The average molecular weight is 1020 g/mol. The van der Waals surface area contributed by atoms with Crippen molar-refractivity contribution in [3.8, 4) is 0 Å². The first kappa shape index (κ1) is 54.7. The second kappa shape index (κ2) is 20.9. The molecular formula is C68H106N2O4. The fourth-order valence-electron chi connectivity index (χ4n) is 22.1. The molecule has 2 heterocycles. The topological polar surface area (TPSA) is 90.2 Å². The predicted octanol–water partition coefficient (Wildman–Crippen LogP) is 17.3. The van der Waals surface area contributed by atoms with E-state index in [0.29, 0.717) is 27.9 Å². The van der Waals surface area contributed by atoms with Gasteiger partial charge in [-0.3, -0.25) is 4.99 Å². The van der Waals surface area contributed by atoms with Gasteiger partial charge in [-0.05, 0) is 240 Å². The van der Waals surface area contributed by atoms with E-state index in [0.717, 1.165) is 122 Å². The highest BCUT2D eigenvalue weighted by atomic mass is 16.4. The number of carboxylic acids is 2. The maximum absolute atomic E-state index is 13.9. The van der Waals surface area contributed by atoms with Crippen LogP contribution in [0.3, 0.4) is 0 Å². The summed E-state index contributed by atoms with van der Waals surface area (Å²) >= 11 is 0. The molecular weight excluding hydrogens is 909 g/mol. The quantitative estimate of drug-likeness (QED) is 0.160. The molecule has 412 valence electrons. The number of carboxylic acid groups (broad SMARTS) is 2. The lowest BCUT2D eigenvalue weighted by Gasteiger charge is -2.59. The van der Waals surface area contributed by atoms with Crippen molar-refractivity contribution >= 4 is 18.2 Å². The Labute approximate surface area is 451 Å². The van der Waals surface area contributed by atoms with E-state index in [9.17, 15) is 19.8 Å². The largest absolute Gasteiger partial charge is 0.478 e. The number of aliphatic carboxylic acids is 2. The minimum Gasteiger partial charge on any atom is -0.478 e. The van der Waals surface area contributed by atoms with E-state index in [2.05, 4.69) is 99.4 Å². The molecule has 2 aliphatic heterocycles. The van der Waals surface area contributed by atoms with E-state index in [1.165, 1.54) is 103 Å². The van der Waals surface area contributed by atoms with Gasteiger partial charge in [-0.1, -0.05) is 131 Å². The molecule has 10 aliphatic rings. The third-order valence-corrected chi connectivity index (χ3v) is 25.8. The number of hydrogen-bond donors (Lipinski definition) is 2. The van der Waals surface area contributed by atoms with Gasteiger partial charge in [-0.25, -0.2) is 9.59 Å². The highest BCUT2D eigenvalue weighted by Crippen LogP contribution is 2.70. The van der Waals surface area contributed by atoms with Crippen LogP contribution in [-0.4, -0.2) is 51.4 Å². The molecule has 0 spiro atoms. The Morgan fingerprint density at radius 2 is 1.18 bits per heavy atom. The monoisotopic (exact) mass is 1010 g/mol. The van der Waals surface area contributed by atoms with Crippen LogP contribution < -0.4 is 0 Å². The molecule has 6 nitrogen and oxygen atoms in total. The molecule has 0 aromatic heterocycles. The lowest BCUT2D eigenvalue weighted by Crippen LogP contribution is -2.54. The number of rotatable bonds is 15. The Hall–Kier alpha value is -2.63. The highest BCUT2D eigenvalue weighted by molar-refractivity contribution is 5.99. The predicted molar refractivity (Wildman–Crippen MR) is 305 cm³/mol. The van der Waals surface area contributed by atoms with Crippen molar-refractivity contribution in [1.29, 1.82) is 0 Å². The minimum absolute atomic E-state index is 0.0756. The van der Waals surface area contributed by atoms with Crippen molar-refractivity contribution in [2.45, 2.75) is 255 Å². The lowest BCUT2D eigenvalue weighted by atomic mass is 9.46. The van der Waals surface area contributed by atoms with E-state index in [1.54, 1.807) is 11.1 Å². The van der Waals surface area contributed by atoms with Gasteiger partial charge in [0.2, 0.25) is 0 Å². The SMILES string of the molecule is CC1=C(C(=O)O)C(C2CCC=NC2[C@H]2CC[C@@]3(C)C(=CC[C@H]4[C@@H]5CC[C@H]([C@H](C)CCCC(C)C)[C@@]5(C)CC[C@@H]43)C2)=C(C(=O)O)C(C)N1[C@H]1CC[C@@]2(C)C(=CC[C@H]3[C@@H]4CC[C@H]([C@H](C)CCCC(C)C)[C@@]4(C)CC[C@@H]32)C1. The number of allylic oxidation sites excluding steroid dienone is 4. The third kappa shape index (κ3) is 9.14. The number of aliphatic imine (C=N–C) groups is 1. The molecule has 10 rings (SSSR count). The number of fused-ring (bicyclic) bond motifs is 10. The summed E-state index contributed by atoms with van der Waals surface area (Å²) in [5, 5.41) is 22.8. The molecule has 2 N–H and O–H groups in total. The zero-order valence-corrected chi connectivity index (χ0v) is 49.1. The summed E-state index contributed by atoms with van der Waals surface area (Å²) in [7, 11) is 0. The molecule has 0 aromatic carbocycles. The van der Waals surface area contributed by atoms with Gasteiger partial charge in [0.25, 0.3) is 0 Å². The fourth-order valence-corrected chi connectivity index (χ4v) is 22.1. The van der Waals surface area contributed by atoms with Gasteiger partial charge in [-0.15, -0.1) is 0 Å². The third-order valence-electron chi connectivity index (χ3n) is 25.8. The van der Waals surface area contributed by atoms with Crippen LogP contribution >= 0.6 is 0 Å². The van der Waals surface area contributed by atoms with Crippen LogP contribution in [0.5, 0.6) is 0 Å². The van der Waals surface area contributed by atoms with E-state index in [1.807, 2.05) is 6.92 Å². The molecule has 0 saturated heterocycles. The molecule has 3 unspecified atom stereocenters. The zero-order chi connectivity index (χ0) is 52.8. The molecule has 6 heteroatoms. The van der Waals surface area contributed by atoms with Gasteiger partial charge in [-0.2, -0.15) is 0 Å². The summed E-state index contributed by atoms with van der Waals surface area (Å²) in [5.41, 5.74) is 6.44. The Morgan fingerprint density at radius 3 is 1.69 bits per heavy atom. The van der Waals surface area contributed by atoms with E-state index >= 15 is 0 Å². The Kier molecular flexibility index (Phi) is 15.4. The second-order valence-electron chi connectivity index (χ2n) is 30.0. The van der Waals surface area contributed by atoms with E-state index in [4.69, 9.17) is 4.99 Å². The van der Waals surface area contributed by atoms with Crippen LogP contribution in [0.2, 0.25) is 0 Å². The van der Waals surface area contributed by atoms with Crippen molar-refractivity contribution in [1.82, 2.24) is 4.90 Å². The smallest absolute Gasteiger partial charge is 0.337 e. The van der Waals surface area contributed by atoms with Crippen LogP contribution in [0, 0.1) is 105 Å². The fraction of sp³-hybridized carbons (Fsp3) is 0.838. The first-order valence-corrected chi connectivity index (χ1v) is 31.7. The maximum Gasteiger partial charge on any atom is 0.337 e. The van der Waals surface area contributed by atoms with Gasteiger partial charge in [0.15, 0.2) is 0 Å². The zero-order valence-electron chi connectivity index (χ0n) is 49.1. The Morgan fingerprint density at radius 1 is 0.649 bits per heavy atom. The normalized spacial score (nSPS) is 43.7. The molecule has 19 atom stereocenters. The summed E-state index contributed by atoms with van der Waals surface area (Å²) in [6.45, 7) is 29.3. The summed E-state index contributed by atoms with van der Waals surface area (Å²) in [5.74, 6) is 7.63. The van der Waals surface area contributed by atoms with Crippen molar-refractivity contribution in [2.24, 2.45) is 110 Å². The summed E-state index contributed by atoms with van der Waals surface area (Å²) in [6.07, 6.45) is 36.8. The molecule has 6 saturated carbocycles. The van der Waals surface area contributed by atoms with Crippen LogP contribution in [0.25, 0.3) is 0 Å². The van der Waals surface area contributed by atoms with Crippen LogP contribution in [-0.2, 0) is 9.59 Å². The van der Waals surface area contributed by atoms with Crippen molar-refractivity contribution in [2.75, 3.05) is 0 Å². The van der Waals surface area contributed by atoms with Gasteiger partial charge >= 0.3 is 11.9 Å². The number of nitrogens with zero attached hydrogens (tertiary/aromatic N) is 2. The molecule has 0 radical (unpaired) electrons. The lowest BCUT2D eigenvalue weighted by molar-refractivity contribution is -0.133. The number of hydrogen-bond acceptors (Lipinski definition) is 4. The standard InChI is InChI=1S/C68H106N2O4/c1-40(2)16-13-18-42(5)53-25-27-55-50-23-21-47-38-46(29-33-65(47,9)57(50)31-35-67(53,55)11)62-52(20-15-37-69-62)61-59(63(71)72)44(7)70(45(8)60(61)64(73)74)49-30-34-66(10)48(39-49)22-24-51-56-28-26-54(43(6)19-14-17-41(3)4)68(56,12)36-32-58(51)66/h21-22,37,40-44,46,49-58,62H,13-20,23-36,38-39H2,1-12H3,(H,71,72)(H,73,74)/t42-,43-,44?,46+,49+,50+,51+,52?,53-,54-,55+,56+,57+,58+,62?,65+,66+,67-,68-/m1/s1. The van der Waals surface area contributed by atoms with Crippen LogP contribution in [0.1, 0.15) is 237 Å². The summed E-state index contributed by atoms with van der Waals surface area (Å²) in [4.78, 5) is 35.5. The van der Waals surface area contributed by atoms with Gasteiger partial charge in [0.05, 0.1) is 23.2 Å². The Balaban J connectivity index is 0.860. The maximum atomic E-state index is 13.9. The molecule has 0 aromatic rings. The first-order valence-electron chi connectivity index (χ1n) is 31.7. The van der Waals surface area contributed by atoms with Gasteiger partial charge in [0, 0.05) is 17.7 Å². The number of carbonyl (C=O) groups is 2. The molecule has 8 aliphatic carbocycles. The van der Waals surface area contributed by atoms with E-state index in [-0.39, 0.29) is 40.3 Å². The molecule has 0 bridgehead atoms. The Bertz CT molecular complexity index is 2280. The van der Waals surface area contributed by atoms with Gasteiger partial charge < -0.3 is 15.1 Å². The average Bonchev–Trinajstić information content (AvgIpc) is 3.92. The molecule has 6 fully saturated rings. The molecule has 0 amide bonds. The second-order valence-corrected chi connectivity index (χ2v) is 30.0. The first-order chi connectivity index (χ1) is 35.1. The molecule has 74 heavy (non-hydrogen) atoms. The highest BCUT2D eigenvalue weighted by Gasteiger charge is 2.62. The van der Waals surface area contributed by atoms with Crippen LogP contribution in [0.15, 0.2) is 50.7 Å². The minimum atomic E-state index is -0.975.